The van der Waals surface area contributed by atoms with Gasteiger partial charge in [-0.25, -0.2) is 9.97 Å². The van der Waals surface area contributed by atoms with E-state index in [-0.39, 0.29) is 0 Å². The van der Waals surface area contributed by atoms with Crippen LogP contribution in [0.2, 0.25) is 0 Å². The minimum absolute atomic E-state index is 0.696. The Labute approximate surface area is 89.0 Å². The molecule has 1 N–H and O–H groups in total. The number of aromatic nitrogens is 3. The van der Waals surface area contributed by atoms with E-state index in [1.165, 1.54) is 0 Å². The topological polar surface area (TPSA) is 42.7 Å². The van der Waals surface area contributed by atoms with Gasteiger partial charge in [0.05, 0.1) is 6.54 Å². The summed E-state index contributed by atoms with van der Waals surface area (Å²) in [4.78, 5) is 8.49. The molecule has 0 amide bonds. The van der Waals surface area contributed by atoms with Crippen LogP contribution in [0.15, 0.2) is 30.7 Å². The number of aryl methyl sites for hydroxylation is 2. The molecule has 2 aromatic heterocycles. The van der Waals surface area contributed by atoms with Crippen molar-refractivity contribution in [3.8, 4) is 0 Å². The number of hydrogen-bond donors (Lipinski definition) is 1. The van der Waals surface area contributed by atoms with Gasteiger partial charge in [0.25, 0.3) is 0 Å². The van der Waals surface area contributed by atoms with Crippen LogP contribution in [0.4, 0.5) is 5.82 Å². The van der Waals surface area contributed by atoms with E-state index in [1.807, 2.05) is 36.9 Å². The molecule has 4 nitrogen and oxygen atoms in total. The van der Waals surface area contributed by atoms with Crippen LogP contribution in [-0.4, -0.2) is 14.5 Å². The van der Waals surface area contributed by atoms with Gasteiger partial charge < -0.3 is 9.88 Å². The average Bonchev–Trinajstić information content (AvgIpc) is 2.63. The van der Waals surface area contributed by atoms with Crippen LogP contribution in [0.1, 0.15) is 11.4 Å². The number of pyridine rings is 1. The second-order valence-electron chi connectivity index (χ2n) is 3.48. The standard InChI is InChI=1S/C11H14N4/c1-9-4-3-5-13-11(9)14-8-10-12-6-7-15(10)2/h3-7H,8H2,1-2H3,(H,13,14). The molecule has 0 fully saturated rings. The molecule has 0 aliphatic carbocycles. The molecule has 0 saturated heterocycles. The lowest BCUT2D eigenvalue weighted by atomic mass is 10.3. The second kappa shape index (κ2) is 4.13. The third kappa shape index (κ3) is 2.15. The molecule has 2 aromatic rings. The van der Waals surface area contributed by atoms with Gasteiger partial charge in [-0.05, 0) is 18.6 Å². The Morgan fingerprint density at radius 1 is 1.33 bits per heavy atom. The first kappa shape index (κ1) is 9.71. The summed E-state index contributed by atoms with van der Waals surface area (Å²) >= 11 is 0. The number of anilines is 1. The van der Waals surface area contributed by atoms with Gasteiger partial charge in [-0.1, -0.05) is 6.07 Å². The third-order valence-electron chi connectivity index (χ3n) is 2.34. The molecule has 15 heavy (non-hydrogen) atoms. The maximum absolute atomic E-state index is 4.26. The second-order valence-corrected chi connectivity index (χ2v) is 3.48. The zero-order valence-electron chi connectivity index (χ0n) is 8.94. The van der Waals surface area contributed by atoms with Gasteiger partial charge in [-0.2, -0.15) is 0 Å². The number of nitrogens with zero attached hydrogens (tertiary/aromatic N) is 3. The van der Waals surface area contributed by atoms with Crippen LogP contribution in [0.5, 0.6) is 0 Å². The Morgan fingerprint density at radius 3 is 2.87 bits per heavy atom. The monoisotopic (exact) mass is 202 g/mol. The molecule has 4 heteroatoms. The lowest BCUT2D eigenvalue weighted by Gasteiger charge is -2.07. The van der Waals surface area contributed by atoms with Gasteiger partial charge >= 0.3 is 0 Å². The molecular formula is C11H14N4. The molecular weight excluding hydrogens is 188 g/mol. The van der Waals surface area contributed by atoms with Gasteiger partial charge in [0, 0.05) is 25.6 Å². The van der Waals surface area contributed by atoms with Crippen molar-refractivity contribution in [2.75, 3.05) is 5.32 Å². The quantitative estimate of drug-likeness (QED) is 0.824. The maximum atomic E-state index is 4.26. The highest BCUT2D eigenvalue weighted by atomic mass is 15.1. The fourth-order valence-electron chi connectivity index (χ4n) is 1.40. The van der Waals surface area contributed by atoms with Crippen molar-refractivity contribution in [2.24, 2.45) is 7.05 Å². The number of nitrogens with one attached hydrogen (secondary N) is 1. The maximum Gasteiger partial charge on any atom is 0.129 e. The summed E-state index contributed by atoms with van der Waals surface area (Å²) in [5.74, 6) is 1.92. The number of imidazole rings is 1. The van der Waals surface area contributed by atoms with Gasteiger partial charge in [0.1, 0.15) is 11.6 Å². The summed E-state index contributed by atoms with van der Waals surface area (Å²) < 4.78 is 1.99. The SMILES string of the molecule is Cc1cccnc1NCc1nccn1C. The third-order valence-corrected chi connectivity index (χ3v) is 2.34. The van der Waals surface area contributed by atoms with Gasteiger partial charge in [-0.3, -0.25) is 0 Å². The normalized spacial score (nSPS) is 10.3. The molecule has 0 atom stereocenters. The summed E-state index contributed by atoms with van der Waals surface area (Å²) in [6, 6.07) is 3.97. The van der Waals surface area contributed by atoms with E-state index in [4.69, 9.17) is 0 Å². The predicted molar refractivity (Wildman–Crippen MR) is 59.5 cm³/mol. The summed E-state index contributed by atoms with van der Waals surface area (Å²) in [5.41, 5.74) is 1.15. The molecule has 0 bridgehead atoms. The van der Waals surface area contributed by atoms with Gasteiger partial charge in [0.15, 0.2) is 0 Å². The molecule has 78 valence electrons. The molecule has 2 rings (SSSR count). The van der Waals surface area contributed by atoms with Crippen LogP contribution in [0.3, 0.4) is 0 Å². The van der Waals surface area contributed by atoms with Crippen LogP contribution in [0.25, 0.3) is 0 Å². The van der Waals surface area contributed by atoms with E-state index in [2.05, 4.69) is 15.3 Å². The average molecular weight is 202 g/mol. The van der Waals surface area contributed by atoms with Crippen LogP contribution in [-0.2, 0) is 13.6 Å². The van der Waals surface area contributed by atoms with Crippen molar-refractivity contribution in [1.82, 2.24) is 14.5 Å². The summed E-state index contributed by atoms with van der Waals surface area (Å²) in [5, 5.41) is 3.26. The first-order valence-corrected chi connectivity index (χ1v) is 4.89. The lowest BCUT2D eigenvalue weighted by Crippen LogP contribution is -2.07. The highest BCUT2D eigenvalue weighted by Gasteiger charge is 2.01. The van der Waals surface area contributed by atoms with E-state index >= 15 is 0 Å². The molecule has 0 aliphatic rings. The van der Waals surface area contributed by atoms with Gasteiger partial charge in [0.2, 0.25) is 0 Å². The van der Waals surface area contributed by atoms with E-state index in [1.54, 1.807) is 12.4 Å². The zero-order valence-corrected chi connectivity index (χ0v) is 8.94. The Hall–Kier alpha value is -1.84. The van der Waals surface area contributed by atoms with Crippen LogP contribution < -0.4 is 5.32 Å². The highest BCUT2D eigenvalue weighted by Crippen LogP contribution is 2.10. The van der Waals surface area contributed by atoms with Crippen molar-refractivity contribution in [3.63, 3.8) is 0 Å². The molecule has 0 aromatic carbocycles. The molecule has 0 spiro atoms. The predicted octanol–water partition coefficient (Wildman–Crippen LogP) is 1.74. The van der Waals surface area contributed by atoms with E-state index in [0.717, 1.165) is 17.2 Å². The summed E-state index contributed by atoms with van der Waals surface area (Å²) in [6.07, 6.45) is 5.51. The Kier molecular flexibility index (Phi) is 2.67. The Bertz CT molecular complexity index is 447. The fraction of sp³-hybridized carbons (Fsp3) is 0.273. The van der Waals surface area contributed by atoms with Crippen molar-refractivity contribution in [2.45, 2.75) is 13.5 Å². The number of rotatable bonds is 3. The molecule has 2 heterocycles. The van der Waals surface area contributed by atoms with Crippen molar-refractivity contribution >= 4 is 5.82 Å². The van der Waals surface area contributed by atoms with Crippen molar-refractivity contribution in [3.05, 3.63) is 42.1 Å². The molecule has 0 unspecified atom stereocenters. The van der Waals surface area contributed by atoms with Crippen LogP contribution >= 0.6 is 0 Å². The van der Waals surface area contributed by atoms with E-state index in [9.17, 15) is 0 Å². The van der Waals surface area contributed by atoms with E-state index in [0.29, 0.717) is 6.54 Å². The van der Waals surface area contributed by atoms with Gasteiger partial charge in [-0.15, -0.1) is 0 Å². The van der Waals surface area contributed by atoms with Crippen LogP contribution in [0, 0.1) is 6.92 Å². The zero-order chi connectivity index (χ0) is 10.7. The first-order chi connectivity index (χ1) is 7.27. The highest BCUT2D eigenvalue weighted by molar-refractivity contribution is 5.42. The molecule has 0 radical (unpaired) electrons. The van der Waals surface area contributed by atoms with E-state index < -0.39 is 0 Å². The van der Waals surface area contributed by atoms with Crippen molar-refractivity contribution < 1.29 is 0 Å². The fourth-order valence-corrected chi connectivity index (χ4v) is 1.40. The lowest BCUT2D eigenvalue weighted by molar-refractivity contribution is 0.810. The minimum atomic E-state index is 0.696. The van der Waals surface area contributed by atoms with Crippen molar-refractivity contribution in [1.29, 1.82) is 0 Å². The largest absolute Gasteiger partial charge is 0.363 e. The smallest absolute Gasteiger partial charge is 0.129 e. The molecule has 0 saturated carbocycles. The Morgan fingerprint density at radius 2 is 2.20 bits per heavy atom. The number of hydrogen-bond acceptors (Lipinski definition) is 3. The molecule has 0 aliphatic heterocycles. The Balaban J connectivity index is 2.06. The summed E-state index contributed by atoms with van der Waals surface area (Å²) in [6.45, 7) is 2.73. The minimum Gasteiger partial charge on any atom is -0.363 e. The first-order valence-electron chi connectivity index (χ1n) is 4.89. The summed E-state index contributed by atoms with van der Waals surface area (Å²) in [7, 11) is 1.98.